The van der Waals surface area contributed by atoms with Crippen LogP contribution in [-0.2, 0) is 25.7 Å². The summed E-state index contributed by atoms with van der Waals surface area (Å²) < 4.78 is 5.12. The van der Waals surface area contributed by atoms with E-state index in [2.05, 4.69) is 181 Å². The summed E-state index contributed by atoms with van der Waals surface area (Å²) in [6, 6.07) is 59.3. The van der Waals surface area contributed by atoms with Crippen molar-refractivity contribution in [2.24, 2.45) is 0 Å². The monoisotopic (exact) mass is 716 g/mol. The van der Waals surface area contributed by atoms with Crippen molar-refractivity contribution in [2.75, 3.05) is 0 Å². The number of hydrogen-bond donors (Lipinski definition) is 0. The number of para-hydroxylation sites is 2. The fourth-order valence-electron chi connectivity index (χ4n) is 10.2. The van der Waals surface area contributed by atoms with Gasteiger partial charge >= 0.3 is 0 Å². The first-order valence-corrected chi connectivity index (χ1v) is 20.1. The van der Waals surface area contributed by atoms with Crippen molar-refractivity contribution >= 4 is 43.6 Å². The zero-order chi connectivity index (χ0) is 37.1. The number of nitrogens with zero attached hydrogens (tertiary/aromatic N) is 2. The molecule has 0 atom stereocenters. The first-order chi connectivity index (χ1) is 27.6. The maximum absolute atomic E-state index is 2.57. The molecule has 266 valence electrons. The third-order valence-electron chi connectivity index (χ3n) is 12.8. The lowest BCUT2D eigenvalue weighted by Crippen LogP contribution is -2.16. The van der Waals surface area contributed by atoms with E-state index in [0.717, 1.165) is 25.7 Å². The van der Waals surface area contributed by atoms with Crippen LogP contribution in [0.15, 0.2) is 158 Å². The van der Waals surface area contributed by atoms with Gasteiger partial charge in [0, 0.05) is 32.9 Å². The lowest BCUT2D eigenvalue weighted by molar-refractivity contribution is 0.883. The number of fused-ring (bicyclic) bond motifs is 8. The van der Waals surface area contributed by atoms with Gasteiger partial charge in [0.1, 0.15) is 0 Å². The van der Waals surface area contributed by atoms with E-state index in [4.69, 9.17) is 0 Å². The summed E-state index contributed by atoms with van der Waals surface area (Å²) in [5.74, 6) is 0. The molecule has 0 N–H and O–H groups in total. The summed E-state index contributed by atoms with van der Waals surface area (Å²) in [6.07, 6.45) is 4.11. The lowest BCUT2D eigenvalue weighted by atomic mass is 9.74. The fourth-order valence-corrected chi connectivity index (χ4v) is 10.2. The SMILES string of the molecule is Cc1ccc(-c2ccc3c(c2)c2cc4c5c(c2n3-c2ccccc2)CCc2cc3c6cc(-c7ccc(C)cc7)ccc6n(-c6ccccc6)c3c(c2-5)CC4)cc1. The van der Waals surface area contributed by atoms with Gasteiger partial charge in [-0.1, -0.05) is 108 Å². The Bertz CT molecular complexity index is 2990. The number of aromatic nitrogens is 2. The molecule has 12 rings (SSSR count). The molecule has 0 bridgehead atoms. The van der Waals surface area contributed by atoms with Crippen LogP contribution in [0.3, 0.4) is 0 Å². The summed E-state index contributed by atoms with van der Waals surface area (Å²) in [6.45, 7) is 4.32. The molecule has 0 fully saturated rings. The molecule has 2 aliphatic rings. The molecule has 2 heteroatoms. The quantitative estimate of drug-likeness (QED) is 0.172. The minimum absolute atomic E-state index is 1.03. The Balaban J connectivity index is 1.16. The van der Waals surface area contributed by atoms with Crippen LogP contribution < -0.4 is 0 Å². The molecule has 0 unspecified atom stereocenters. The summed E-state index contributed by atoms with van der Waals surface area (Å²) >= 11 is 0. The average molecular weight is 717 g/mol. The van der Waals surface area contributed by atoms with Crippen LogP contribution in [0, 0.1) is 13.8 Å². The minimum Gasteiger partial charge on any atom is -0.309 e. The number of benzene rings is 8. The summed E-state index contributed by atoms with van der Waals surface area (Å²) in [4.78, 5) is 0. The molecule has 0 saturated carbocycles. The Morgan fingerprint density at radius 1 is 0.357 bits per heavy atom. The van der Waals surface area contributed by atoms with Crippen molar-refractivity contribution in [3.63, 3.8) is 0 Å². The van der Waals surface area contributed by atoms with Crippen molar-refractivity contribution in [3.05, 3.63) is 191 Å². The molecule has 8 aromatic carbocycles. The largest absolute Gasteiger partial charge is 0.309 e. The molecule has 2 aliphatic carbocycles. The highest BCUT2D eigenvalue weighted by atomic mass is 15.0. The van der Waals surface area contributed by atoms with E-state index in [1.54, 1.807) is 0 Å². The average Bonchev–Trinajstić information content (AvgIpc) is 3.75. The van der Waals surface area contributed by atoms with Gasteiger partial charge in [-0.05, 0) is 156 Å². The van der Waals surface area contributed by atoms with Crippen LogP contribution >= 0.6 is 0 Å². The summed E-state index contributed by atoms with van der Waals surface area (Å²) in [5, 5.41) is 5.42. The normalized spacial score (nSPS) is 13.2. The third kappa shape index (κ3) is 4.56. The Labute approximate surface area is 326 Å². The van der Waals surface area contributed by atoms with Gasteiger partial charge in [0.2, 0.25) is 0 Å². The van der Waals surface area contributed by atoms with Gasteiger partial charge in [0.15, 0.2) is 0 Å². The molecule has 0 saturated heterocycles. The second-order valence-electron chi connectivity index (χ2n) is 16.1. The molecule has 0 aliphatic heterocycles. The molecule has 0 spiro atoms. The van der Waals surface area contributed by atoms with Crippen LogP contribution in [0.2, 0.25) is 0 Å². The second-order valence-corrected chi connectivity index (χ2v) is 16.1. The van der Waals surface area contributed by atoms with Gasteiger partial charge in [-0.2, -0.15) is 0 Å². The van der Waals surface area contributed by atoms with Gasteiger partial charge in [-0.15, -0.1) is 0 Å². The number of aryl methyl sites for hydroxylation is 6. The third-order valence-corrected chi connectivity index (χ3v) is 12.8. The molecule has 0 amide bonds. The highest BCUT2D eigenvalue weighted by Crippen LogP contribution is 2.51. The fraction of sp³-hybridized carbons (Fsp3) is 0.111. The number of hydrogen-bond acceptors (Lipinski definition) is 0. The molecule has 10 aromatic rings. The van der Waals surface area contributed by atoms with Gasteiger partial charge in [0.05, 0.1) is 22.1 Å². The smallest absolute Gasteiger partial charge is 0.0579 e. The molecular formula is C54H40N2. The molecule has 2 heterocycles. The van der Waals surface area contributed by atoms with E-state index in [1.165, 1.54) is 122 Å². The minimum atomic E-state index is 1.03. The highest BCUT2D eigenvalue weighted by Gasteiger charge is 2.33. The molecule has 56 heavy (non-hydrogen) atoms. The van der Waals surface area contributed by atoms with Crippen molar-refractivity contribution < 1.29 is 0 Å². The number of rotatable bonds is 4. The molecule has 2 aromatic heterocycles. The Morgan fingerprint density at radius 2 is 0.750 bits per heavy atom. The van der Waals surface area contributed by atoms with Gasteiger partial charge in [0.25, 0.3) is 0 Å². The maximum Gasteiger partial charge on any atom is 0.0579 e. The van der Waals surface area contributed by atoms with E-state index in [1.807, 2.05) is 0 Å². The first kappa shape index (κ1) is 31.7. The van der Waals surface area contributed by atoms with Crippen LogP contribution in [-0.4, -0.2) is 9.13 Å². The lowest BCUT2D eigenvalue weighted by Gasteiger charge is -2.31. The van der Waals surface area contributed by atoms with Crippen molar-refractivity contribution in [1.29, 1.82) is 0 Å². The first-order valence-electron chi connectivity index (χ1n) is 20.1. The molecule has 2 nitrogen and oxygen atoms in total. The Morgan fingerprint density at radius 3 is 1.16 bits per heavy atom. The van der Waals surface area contributed by atoms with Crippen molar-refractivity contribution in [3.8, 4) is 44.8 Å². The van der Waals surface area contributed by atoms with E-state index >= 15 is 0 Å². The Hall–Kier alpha value is -6.64. The highest BCUT2D eigenvalue weighted by molar-refractivity contribution is 6.17. The van der Waals surface area contributed by atoms with Gasteiger partial charge < -0.3 is 9.13 Å². The summed E-state index contributed by atoms with van der Waals surface area (Å²) in [5.41, 5.74) is 24.4. The van der Waals surface area contributed by atoms with Crippen LogP contribution in [0.5, 0.6) is 0 Å². The summed E-state index contributed by atoms with van der Waals surface area (Å²) in [7, 11) is 0. The van der Waals surface area contributed by atoms with Crippen molar-refractivity contribution in [2.45, 2.75) is 39.5 Å². The molecule has 0 radical (unpaired) electrons. The van der Waals surface area contributed by atoms with Crippen LogP contribution in [0.4, 0.5) is 0 Å². The zero-order valence-corrected chi connectivity index (χ0v) is 31.7. The zero-order valence-electron chi connectivity index (χ0n) is 31.7. The van der Waals surface area contributed by atoms with E-state index in [0.29, 0.717) is 0 Å². The maximum atomic E-state index is 2.57. The topological polar surface area (TPSA) is 9.86 Å². The van der Waals surface area contributed by atoms with E-state index in [-0.39, 0.29) is 0 Å². The standard InChI is InChI=1S/C54H40N2/c1-33-13-17-35(18-14-33)37-23-27-49-45(29-37)47-31-39-21-26-44-52-40(22-25-43(51(39)52)53(47)55(49)41-9-5-3-6-10-41)32-48-46-30-38(36-19-15-34(2)16-20-36)24-28-50(46)56(54(44)48)42-11-7-4-8-12-42/h3-20,23-24,27-32H,21-22,25-26H2,1-2H3. The second kappa shape index (κ2) is 11.9. The molecular weight excluding hydrogens is 677 g/mol. The predicted molar refractivity (Wildman–Crippen MR) is 236 cm³/mol. The predicted octanol–water partition coefficient (Wildman–Crippen LogP) is 13.7. The van der Waals surface area contributed by atoms with Crippen molar-refractivity contribution in [1.82, 2.24) is 9.13 Å². The van der Waals surface area contributed by atoms with E-state index in [9.17, 15) is 0 Å². The van der Waals surface area contributed by atoms with E-state index < -0.39 is 0 Å². The Kier molecular flexibility index (Phi) is 6.75. The van der Waals surface area contributed by atoms with Crippen LogP contribution in [0.25, 0.3) is 88.4 Å². The van der Waals surface area contributed by atoms with Crippen LogP contribution in [0.1, 0.15) is 33.4 Å². The van der Waals surface area contributed by atoms with Gasteiger partial charge in [-0.3, -0.25) is 0 Å². The van der Waals surface area contributed by atoms with Gasteiger partial charge in [-0.25, -0.2) is 0 Å².